The highest BCUT2D eigenvalue weighted by atomic mass is 79.9. The van der Waals surface area contributed by atoms with Crippen LogP contribution in [0.2, 0.25) is 0 Å². The molecule has 0 unspecified atom stereocenters. The third-order valence-corrected chi connectivity index (χ3v) is 4.43. The largest absolute Gasteiger partial charge is 0.488 e. The Morgan fingerprint density at radius 3 is 2.41 bits per heavy atom. The van der Waals surface area contributed by atoms with Crippen molar-refractivity contribution in [2.45, 2.75) is 6.61 Å². The molecule has 0 spiro atoms. The van der Waals surface area contributed by atoms with Gasteiger partial charge in [-0.2, -0.15) is 5.26 Å². The number of allylic oxidation sites excluding steroid dienone is 1. The highest BCUT2D eigenvalue weighted by Crippen LogP contribution is 2.29. The second-order valence-corrected chi connectivity index (χ2v) is 6.64. The molecular weight excluding hydrogens is 412 g/mol. The summed E-state index contributed by atoms with van der Waals surface area (Å²) in [6, 6.07) is 19.6. The molecule has 5 heteroatoms. The van der Waals surface area contributed by atoms with E-state index in [0.29, 0.717) is 21.4 Å². The summed E-state index contributed by atoms with van der Waals surface area (Å²) in [5.74, 6) is -0.103. The van der Waals surface area contributed by atoms with Gasteiger partial charge in [0.1, 0.15) is 24.0 Å². The fourth-order valence-electron chi connectivity index (χ4n) is 2.51. The van der Waals surface area contributed by atoms with E-state index in [-0.39, 0.29) is 12.4 Å². The van der Waals surface area contributed by atoms with E-state index in [0.717, 1.165) is 11.1 Å². The van der Waals surface area contributed by atoms with Gasteiger partial charge in [-0.15, -0.1) is 0 Å². The van der Waals surface area contributed by atoms with Gasteiger partial charge >= 0.3 is 0 Å². The van der Waals surface area contributed by atoms with E-state index < -0.39 is 5.82 Å². The van der Waals surface area contributed by atoms with Crippen LogP contribution in [0.15, 0.2) is 71.2 Å². The van der Waals surface area contributed by atoms with Crippen LogP contribution < -0.4 is 4.74 Å². The van der Waals surface area contributed by atoms with Crippen molar-refractivity contribution in [3.8, 4) is 11.8 Å². The van der Waals surface area contributed by atoms with Crippen LogP contribution in [0.1, 0.15) is 16.7 Å². The zero-order valence-corrected chi connectivity index (χ0v) is 15.7. The summed E-state index contributed by atoms with van der Waals surface area (Å²) in [6.07, 6.45) is 1.68. The molecule has 0 aliphatic heterocycles. The molecule has 3 rings (SSSR count). The zero-order valence-electron chi connectivity index (χ0n) is 14.1. The van der Waals surface area contributed by atoms with Crippen LogP contribution in [-0.4, -0.2) is 0 Å². The molecule has 3 aromatic carbocycles. The third kappa shape index (κ3) is 5.02. The first-order valence-corrected chi connectivity index (χ1v) is 8.89. The molecule has 0 aliphatic carbocycles. The predicted octanol–water partition coefficient (Wildman–Crippen LogP) is 6.37. The molecule has 0 bridgehead atoms. The molecule has 0 fully saturated rings. The molecule has 0 heterocycles. The minimum atomic E-state index is -0.393. The Bertz CT molecular complexity index is 1040. The minimum Gasteiger partial charge on any atom is -0.488 e. The van der Waals surface area contributed by atoms with E-state index in [1.807, 2.05) is 0 Å². The summed E-state index contributed by atoms with van der Waals surface area (Å²) in [5.41, 5.74) is 2.36. The fourth-order valence-corrected chi connectivity index (χ4v) is 3.03. The Kier molecular flexibility index (Phi) is 6.00. The van der Waals surface area contributed by atoms with Gasteiger partial charge in [0.25, 0.3) is 0 Å². The number of nitrogens with zero attached hydrogens (tertiary/aromatic N) is 1. The van der Waals surface area contributed by atoms with Gasteiger partial charge < -0.3 is 4.74 Å². The summed E-state index contributed by atoms with van der Waals surface area (Å²) in [6.45, 7) is 0.234. The van der Waals surface area contributed by atoms with Gasteiger partial charge in [0.15, 0.2) is 0 Å². The van der Waals surface area contributed by atoms with E-state index in [9.17, 15) is 14.0 Å². The first-order chi connectivity index (χ1) is 13.0. The van der Waals surface area contributed by atoms with E-state index in [2.05, 4.69) is 22.0 Å². The van der Waals surface area contributed by atoms with Crippen molar-refractivity contribution in [2.24, 2.45) is 0 Å². The van der Waals surface area contributed by atoms with Crippen LogP contribution in [0.3, 0.4) is 0 Å². The van der Waals surface area contributed by atoms with Crippen molar-refractivity contribution in [1.82, 2.24) is 0 Å². The summed E-state index contributed by atoms with van der Waals surface area (Å²) in [4.78, 5) is 0. The van der Waals surface area contributed by atoms with Crippen molar-refractivity contribution in [2.75, 3.05) is 0 Å². The van der Waals surface area contributed by atoms with Gasteiger partial charge in [0.2, 0.25) is 0 Å². The quantitative estimate of drug-likeness (QED) is 0.351. The van der Waals surface area contributed by atoms with E-state index in [4.69, 9.17) is 4.74 Å². The average Bonchev–Trinajstić information content (AvgIpc) is 2.65. The van der Waals surface area contributed by atoms with Crippen molar-refractivity contribution in [3.05, 3.63) is 99.5 Å². The number of hydrogen-bond donors (Lipinski definition) is 0. The lowest BCUT2D eigenvalue weighted by molar-refractivity contribution is 0.303. The van der Waals surface area contributed by atoms with E-state index in [1.54, 1.807) is 48.5 Å². The molecule has 0 atom stereocenters. The van der Waals surface area contributed by atoms with Crippen LogP contribution in [0.4, 0.5) is 8.78 Å². The monoisotopic (exact) mass is 425 g/mol. The Labute approximate surface area is 164 Å². The van der Waals surface area contributed by atoms with Crippen LogP contribution in [-0.2, 0) is 6.61 Å². The van der Waals surface area contributed by atoms with Gasteiger partial charge in [0.05, 0.1) is 16.1 Å². The number of benzene rings is 3. The highest BCUT2D eigenvalue weighted by Gasteiger charge is 2.06. The molecule has 0 amide bonds. The van der Waals surface area contributed by atoms with Crippen LogP contribution in [0, 0.1) is 23.0 Å². The molecule has 0 saturated carbocycles. The Hall–Kier alpha value is -2.97. The minimum absolute atomic E-state index is 0.234. The first kappa shape index (κ1) is 18.8. The summed E-state index contributed by atoms with van der Waals surface area (Å²) >= 11 is 3.44. The number of rotatable bonds is 5. The molecular formula is C22H14BrF2NO. The van der Waals surface area contributed by atoms with Gasteiger partial charge in [-0.25, -0.2) is 8.78 Å². The lowest BCUT2D eigenvalue weighted by Crippen LogP contribution is -1.96. The van der Waals surface area contributed by atoms with Gasteiger partial charge in [-0.05, 0) is 75.1 Å². The van der Waals surface area contributed by atoms with Crippen LogP contribution in [0.5, 0.6) is 5.75 Å². The van der Waals surface area contributed by atoms with Crippen molar-refractivity contribution in [3.63, 3.8) is 0 Å². The SMILES string of the molecule is N#C/C(=C/c1ccc(OCc2cccc(F)c2)c(Br)c1)c1cccc(F)c1. The predicted molar refractivity (Wildman–Crippen MR) is 105 cm³/mol. The maximum Gasteiger partial charge on any atom is 0.134 e. The highest BCUT2D eigenvalue weighted by molar-refractivity contribution is 9.10. The van der Waals surface area contributed by atoms with Crippen molar-refractivity contribution in [1.29, 1.82) is 5.26 Å². The third-order valence-electron chi connectivity index (χ3n) is 3.81. The van der Waals surface area contributed by atoms with E-state index >= 15 is 0 Å². The molecule has 0 N–H and O–H groups in total. The second-order valence-electron chi connectivity index (χ2n) is 5.79. The van der Waals surface area contributed by atoms with Crippen molar-refractivity contribution < 1.29 is 13.5 Å². The summed E-state index contributed by atoms with van der Waals surface area (Å²) in [7, 11) is 0. The molecule has 0 radical (unpaired) electrons. The molecule has 0 aromatic heterocycles. The Morgan fingerprint density at radius 1 is 1.00 bits per heavy atom. The summed E-state index contributed by atoms with van der Waals surface area (Å²) < 4.78 is 33.0. The summed E-state index contributed by atoms with van der Waals surface area (Å²) in [5, 5.41) is 9.38. The standard InChI is InChI=1S/C22H14BrF2NO/c23-21-11-15(9-18(13-26)17-4-2-6-20(25)12-17)7-8-22(21)27-14-16-3-1-5-19(24)10-16/h1-12H,14H2/b18-9-. The number of halogens is 3. The molecule has 134 valence electrons. The Balaban J connectivity index is 1.78. The maximum absolute atomic E-state index is 13.4. The molecule has 0 saturated heterocycles. The molecule has 27 heavy (non-hydrogen) atoms. The zero-order chi connectivity index (χ0) is 19.2. The first-order valence-electron chi connectivity index (χ1n) is 8.10. The van der Waals surface area contributed by atoms with Gasteiger partial charge in [-0.1, -0.05) is 30.3 Å². The van der Waals surface area contributed by atoms with Gasteiger partial charge in [0, 0.05) is 0 Å². The Morgan fingerprint density at radius 2 is 1.74 bits per heavy atom. The molecule has 0 aliphatic rings. The maximum atomic E-state index is 13.4. The van der Waals surface area contributed by atoms with Crippen LogP contribution >= 0.6 is 15.9 Å². The normalized spacial score (nSPS) is 11.1. The van der Waals surface area contributed by atoms with Crippen molar-refractivity contribution >= 4 is 27.6 Å². The second kappa shape index (κ2) is 8.61. The lowest BCUT2D eigenvalue weighted by Gasteiger charge is -2.09. The number of ether oxygens (including phenoxy) is 1. The average molecular weight is 426 g/mol. The molecule has 3 aromatic rings. The number of hydrogen-bond acceptors (Lipinski definition) is 2. The van der Waals surface area contributed by atoms with Crippen LogP contribution in [0.25, 0.3) is 11.6 Å². The van der Waals surface area contributed by atoms with Gasteiger partial charge in [-0.3, -0.25) is 0 Å². The van der Waals surface area contributed by atoms with E-state index in [1.165, 1.54) is 24.3 Å². The number of nitriles is 1. The molecule has 2 nitrogen and oxygen atoms in total. The lowest BCUT2D eigenvalue weighted by atomic mass is 10.0. The topological polar surface area (TPSA) is 33.0 Å². The smallest absolute Gasteiger partial charge is 0.134 e. The fraction of sp³-hybridized carbons (Fsp3) is 0.0455.